The van der Waals surface area contributed by atoms with Crippen molar-refractivity contribution in [3.63, 3.8) is 0 Å². The maximum atomic E-state index is 5.55. The Morgan fingerprint density at radius 3 is 2.71 bits per heavy atom. The van der Waals surface area contributed by atoms with E-state index in [2.05, 4.69) is 12.6 Å². The molecule has 0 heterocycles. The molecule has 14 heavy (non-hydrogen) atoms. The molecular weight excluding hydrogens is 174 g/mol. The lowest BCUT2D eigenvalue weighted by Crippen LogP contribution is -1.99. The van der Waals surface area contributed by atoms with Gasteiger partial charge in [0.1, 0.15) is 5.76 Å². The van der Waals surface area contributed by atoms with Crippen molar-refractivity contribution < 1.29 is 4.74 Å². The Balaban J connectivity index is 2.94. The monoisotopic (exact) mass is 191 g/mol. The van der Waals surface area contributed by atoms with Crippen LogP contribution in [0.15, 0.2) is 24.8 Å². The topological polar surface area (TPSA) is 35.2 Å². The molecule has 0 radical (unpaired) electrons. The summed E-state index contributed by atoms with van der Waals surface area (Å²) in [6, 6.07) is 6.08. The summed E-state index contributed by atoms with van der Waals surface area (Å²) in [5.74, 6) is 0.730. The maximum Gasteiger partial charge on any atom is 0.119 e. The van der Waals surface area contributed by atoms with Gasteiger partial charge in [-0.2, -0.15) is 0 Å². The van der Waals surface area contributed by atoms with Crippen molar-refractivity contribution in [2.24, 2.45) is 5.73 Å². The van der Waals surface area contributed by atoms with E-state index in [1.54, 1.807) is 0 Å². The molecule has 76 valence electrons. The van der Waals surface area contributed by atoms with E-state index in [9.17, 15) is 0 Å². The van der Waals surface area contributed by atoms with Gasteiger partial charge in [-0.1, -0.05) is 24.8 Å². The molecule has 2 nitrogen and oxygen atoms in total. The van der Waals surface area contributed by atoms with Crippen molar-refractivity contribution >= 4 is 5.76 Å². The van der Waals surface area contributed by atoms with Crippen LogP contribution in [-0.4, -0.2) is 6.61 Å². The smallest absolute Gasteiger partial charge is 0.119 e. The fraction of sp³-hybridized carbons (Fsp3) is 0.333. The van der Waals surface area contributed by atoms with Gasteiger partial charge in [0.05, 0.1) is 6.61 Å². The quantitative estimate of drug-likeness (QED) is 0.742. The molecule has 0 spiro atoms. The third-order valence-electron chi connectivity index (χ3n) is 2.15. The van der Waals surface area contributed by atoms with Crippen LogP contribution >= 0.6 is 0 Å². The zero-order valence-corrected chi connectivity index (χ0v) is 8.84. The highest BCUT2D eigenvalue weighted by molar-refractivity contribution is 5.61. The van der Waals surface area contributed by atoms with E-state index < -0.39 is 0 Å². The summed E-state index contributed by atoms with van der Waals surface area (Å²) < 4.78 is 5.36. The van der Waals surface area contributed by atoms with Gasteiger partial charge in [-0.3, -0.25) is 0 Å². The highest BCUT2D eigenvalue weighted by Crippen LogP contribution is 2.19. The highest BCUT2D eigenvalue weighted by atomic mass is 16.5. The molecule has 1 rings (SSSR count). The van der Waals surface area contributed by atoms with Crippen LogP contribution in [0.4, 0.5) is 0 Å². The second-order valence-corrected chi connectivity index (χ2v) is 3.21. The lowest BCUT2D eigenvalue weighted by Gasteiger charge is -2.10. The molecule has 0 aliphatic heterocycles. The number of hydrogen-bond donors (Lipinski definition) is 1. The highest BCUT2D eigenvalue weighted by Gasteiger charge is 2.03. The van der Waals surface area contributed by atoms with Crippen molar-refractivity contribution in [2.45, 2.75) is 20.4 Å². The van der Waals surface area contributed by atoms with Gasteiger partial charge in [0, 0.05) is 12.1 Å². The fourth-order valence-corrected chi connectivity index (χ4v) is 1.42. The SMILES string of the molecule is C=C(OCC)c1ccc(CN)cc1C. The van der Waals surface area contributed by atoms with Crippen molar-refractivity contribution in [3.05, 3.63) is 41.5 Å². The molecular formula is C12H17NO. The summed E-state index contributed by atoms with van der Waals surface area (Å²) in [4.78, 5) is 0. The molecule has 0 atom stereocenters. The largest absolute Gasteiger partial charge is 0.494 e. The average molecular weight is 191 g/mol. The van der Waals surface area contributed by atoms with Crippen LogP contribution in [-0.2, 0) is 11.3 Å². The molecule has 0 bridgehead atoms. The van der Waals surface area contributed by atoms with Gasteiger partial charge in [-0.25, -0.2) is 0 Å². The molecule has 0 fully saturated rings. The molecule has 0 aliphatic carbocycles. The summed E-state index contributed by atoms with van der Waals surface area (Å²) >= 11 is 0. The van der Waals surface area contributed by atoms with E-state index in [1.807, 2.05) is 26.0 Å². The summed E-state index contributed by atoms with van der Waals surface area (Å²) in [7, 11) is 0. The first-order valence-corrected chi connectivity index (χ1v) is 4.80. The van der Waals surface area contributed by atoms with Gasteiger partial charge in [-0.15, -0.1) is 0 Å². The van der Waals surface area contributed by atoms with Crippen LogP contribution in [0.25, 0.3) is 5.76 Å². The Morgan fingerprint density at radius 2 is 2.21 bits per heavy atom. The number of aryl methyl sites for hydroxylation is 1. The van der Waals surface area contributed by atoms with Crippen molar-refractivity contribution in [2.75, 3.05) is 6.61 Å². The standard InChI is InChI=1S/C12H17NO/c1-4-14-10(3)12-6-5-11(8-13)7-9(12)2/h5-7H,3-4,8,13H2,1-2H3. The summed E-state index contributed by atoms with van der Waals surface area (Å²) in [5, 5.41) is 0. The van der Waals surface area contributed by atoms with Crippen LogP contribution in [0.5, 0.6) is 0 Å². The molecule has 0 saturated carbocycles. The van der Waals surface area contributed by atoms with Crippen LogP contribution < -0.4 is 5.73 Å². The van der Waals surface area contributed by atoms with E-state index in [0.29, 0.717) is 13.2 Å². The first-order valence-electron chi connectivity index (χ1n) is 4.80. The zero-order chi connectivity index (χ0) is 10.6. The number of benzene rings is 1. The Hall–Kier alpha value is -1.28. The molecule has 0 unspecified atom stereocenters. The van der Waals surface area contributed by atoms with Crippen LogP contribution in [0.2, 0.25) is 0 Å². The number of ether oxygens (including phenoxy) is 1. The van der Waals surface area contributed by atoms with Crippen LogP contribution in [0.3, 0.4) is 0 Å². The minimum absolute atomic E-state index is 0.572. The Labute approximate surface area is 85.4 Å². The van der Waals surface area contributed by atoms with E-state index in [-0.39, 0.29) is 0 Å². The van der Waals surface area contributed by atoms with Gasteiger partial charge in [0.2, 0.25) is 0 Å². The van der Waals surface area contributed by atoms with Gasteiger partial charge < -0.3 is 10.5 Å². The third kappa shape index (κ3) is 2.36. The minimum atomic E-state index is 0.572. The van der Waals surface area contributed by atoms with Crippen molar-refractivity contribution in [3.8, 4) is 0 Å². The predicted octanol–water partition coefficient (Wildman–Crippen LogP) is 2.46. The van der Waals surface area contributed by atoms with E-state index in [0.717, 1.165) is 22.4 Å². The van der Waals surface area contributed by atoms with Crippen LogP contribution in [0.1, 0.15) is 23.6 Å². The fourth-order valence-electron chi connectivity index (χ4n) is 1.42. The Morgan fingerprint density at radius 1 is 1.50 bits per heavy atom. The van der Waals surface area contributed by atoms with Crippen LogP contribution in [0, 0.1) is 6.92 Å². The lowest BCUT2D eigenvalue weighted by molar-refractivity contribution is 0.299. The number of hydrogen-bond acceptors (Lipinski definition) is 2. The second-order valence-electron chi connectivity index (χ2n) is 3.21. The van der Waals surface area contributed by atoms with Gasteiger partial charge in [0.25, 0.3) is 0 Å². The molecule has 2 N–H and O–H groups in total. The Bertz CT molecular complexity index is 331. The van der Waals surface area contributed by atoms with Crippen molar-refractivity contribution in [1.29, 1.82) is 0 Å². The average Bonchev–Trinajstić information content (AvgIpc) is 2.17. The molecule has 1 aromatic rings. The molecule has 2 heteroatoms. The number of nitrogens with two attached hydrogens (primary N) is 1. The van der Waals surface area contributed by atoms with E-state index in [4.69, 9.17) is 10.5 Å². The van der Waals surface area contributed by atoms with Crippen molar-refractivity contribution in [1.82, 2.24) is 0 Å². The summed E-state index contributed by atoms with van der Waals surface area (Å²) in [6.07, 6.45) is 0. The predicted molar refractivity (Wildman–Crippen MR) is 59.7 cm³/mol. The molecule has 0 aliphatic rings. The normalized spacial score (nSPS) is 9.93. The van der Waals surface area contributed by atoms with Gasteiger partial charge in [0.15, 0.2) is 0 Å². The lowest BCUT2D eigenvalue weighted by atomic mass is 10.0. The zero-order valence-electron chi connectivity index (χ0n) is 8.84. The maximum absolute atomic E-state index is 5.55. The first kappa shape index (κ1) is 10.8. The molecule has 0 amide bonds. The molecule has 0 aromatic heterocycles. The van der Waals surface area contributed by atoms with Gasteiger partial charge in [-0.05, 0) is 25.0 Å². The van der Waals surface area contributed by atoms with E-state index in [1.165, 1.54) is 0 Å². The molecule has 0 saturated heterocycles. The summed E-state index contributed by atoms with van der Waals surface area (Å²) in [5.41, 5.74) is 8.90. The second kappa shape index (κ2) is 4.82. The number of rotatable bonds is 4. The first-order chi connectivity index (χ1) is 6.69. The Kier molecular flexibility index (Phi) is 3.72. The molecule has 1 aromatic carbocycles. The van der Waals surface area contributed by atoms with Gasteiger partial charge >= 0.3 is 0 Å². The summed E-state index contributed by atoms with van der Waals surface area (Å²) in [6.45, 7) is 9.09. The minimum Gasteiger partial charge on any atom is -0.494 e. The van der Waals surface area contributed by atoms with E-state index >= 15 is 0 Å². The third-order valence-corrected chi connectivity index (χ3v) is 2.15.